The van der Waals surface area contributed by atoms with Crippen molar-refractivity contribution in [2.24, 2.45) is 5.41 Å². The van der Waals surface area contributed by atoms with Crippen molar-refractivity contribution in [3.05, 3.63) is 62.3 Å². The molecule has 0 aliphatic heterocycles. The van der Waals surface area contributed by atoms with Gasteiger partial charge in [-0.25, -0.2) is 13.1 Å². The molecule has 0 aliphatic rings. The van der Waals surface area contributed by atoms with Crippen molar-refractivity contribution in [3.8, 4) is 0 Å². The van der Waals surface area contributed by atoms with Crippen LogP contribution in [0.3, 0.4) is 0 Å². The van der Waals surface area contributed by atoms with Crippen LogP contribution in [-0.4, -0.2) is 31.7 Å². The van der Waals surface area contributed by atoms with Crippen LogP contribution >= 0.6 is 34.0 Å². The summed E-state index contributed by atoms with van der Waals surface area (Å²) in [7, 11) is -3.45. The van der Waals surface area contributed by atoms with E-state index in [-0.39, 0.29) is 11.8 Å². The zero-order chi connectivity index (χ0) is 23.9. The van der Waals surface area contributed by atoms with Crippen LogP contribution in [0.5, 0.6) is 0 Å². The van der Waals surface area contributed by atoms with E-state index in [0.717, 1.165) is 19.5 Å². The Morgan fingerprint density at radius 3 is 2.00 bits per heavy atom. The van der Waals surface area contributed by atoms with E-state index >= 15 is 0 Å². The van der Waals surface area contributed by atoms with E-state index in [0.29, 0.717) is 23.6 Å². The summed E-state index contributed by atoms with van der Waals surface area (Å²) in [5.41, 5.74) is -0.450. The molecule has 5 nitrogen and oxygen atoms in total. The quantitative estimate of drug-likeness (QED) is 0.278. The van der Waals surface area contributed by atoms with Crippen molar-refractivity contribution in [2.45, 2.75) is 63.4 Å². The highest BCUT2D eigenvalue weighted by Crippen LogP contribution is 2.27. The number of sulfonamides is 1. The maximum absolute atomic E-state index is 13.5. The second kappa shape index (κ2) is 11.9. The van der Waals surface area contributed by atoms with E-state index in [9.17, 15) is 13.2 Å². The number of nitrogens with zero attached hydrogens (tertiary/aromatic N) is 1. The van der Waals surface area contributed by atoms with Crippen LogP contribution in [0.25, 0.3) is 0 Å². The van der Waals surface area contributed by atoms with Crippen LogP contribution in [0.15, 0.2) is 56.7 Å². The first-order chi connectivity index (χ1) is 15.7. The first kappa shape index (κ1) is 26.2. The molecule has 9 heteroatoms. The smallest absolute Gasteiger partial charge is 0.250 e. The molecule has 180 valence electrons. The molecule has 0 aromatic carbocycles. The number of carbonyl (C=O) groups excluding carboxylic acids is 1. The van der Waals surface area contributed by atoms with Gasteiger partial charge >= 0.3 is 0 Å². The minimum atomic E-state index is -3.45. The van der Waals surface area contributed by atoms with Crippen molar-refractivity contribution in [3.63, 3.8) is 0 Å². The van der Waals surface area contributed by atoms with E-state index in [4.69, 9.17) is 0 Å². The average molecular weight is 525 g/mol. The van der Waals surface area contributed by atoms with E-state index in [1.807, 2.05) is 32.9 Å². The summed E-state index contributed by atoms with van der Waals surface area (Å²) in [5.74, 6) is 0.231. The van der Waals surface area contributed by atoms with Gasteiger partial charge in [-0.3, -0.25) is 9.69 Å². The standard InChI is InChI=1S/C24H32N2O3S4/c1-24(2,3)23(27)21(11-4-5-13-25-33(28,29)22-12-8-16-32-22)26(17-19-9-6-14-30-19)18-20-10-7-15-31-20/h6-10,12,14-16,21,25H,4-5,11,13,17-18H2,1-3H3. The second-order valence-corrected chi connectivity index (χ2v) is 14.0. The van der Waals surface area contributed by atoms with Gasteiger partial charge in [0.05, 0.1) is 6.04 Å². The molecule has 0 aliphatic carbocycles. The third-order valence-corrected chi connectivity index (χ3v) is 9.90. The Balaban J connectivity index is 1.67. The van der Waals surface area contributed by atoms with Gasteiger partial charge in [0.15, 0.2) is 5.78 Å². The lowest BCUT2D eigenvalue weighted by atomic mass is 9.84. The Morgan fingerprint density at radius 1 is 0.939 bits per heavy atom. The van der Waals surface area contributed by atoms with Gasteiger partial charge in [-0.2, -0.15) is 0 Å². The fourth-order valence-corrected chi connectivity index (χ4v) is 7.19. The minimum Gasteiger partial charge on any atom is -0.297 e. The van der Waals surface area contributed by atoms with Gasteiger partial charge in [-0.15, -0.1) is 34.0 Å². The largest absolute Gasteiger partial charge is 0.297 e. The summed E-state index contributed by atoms with van der Waals surface area (Å²) in [4.78, 5) is 18.3. The van der Waals surface area contributed by atoms with Crippen molar-refractivity contribution >= 4 is 49.8 Å². The van der Waals surface area contributed by atoms with Gasteiger partial charge in [-0.1, -0.05) is 45.4 Å². The SMILES string of the molecule is CC(C)(C)C(=O)C(CCCCNS(=O)(=O)c1cccs1)N(Cc1cccs1)Cc1cccs1. The Labute approximate surface area is 209 Å². The van der Waals surface area contributed by atoms with Gasteiger partial charge in [-0.05, 0) is 47.2 Å². The Morgan fingerprint density at radius 2 is 1.52 bits per heavy atom. The number of hydrogen-bond donors (Lipinski definition) is 1. The van der Waals surface area contributed by atoms with Crippen molar-refractivity contribution < 1.29 is 13.2 Å². The molecule has 0 amide bonds. The van der Waals surface area contributed by atoms with E-state index < -0.39 is 15.4 Å². The third-order valence-electron chi connectivity index (χ3n) is 5.32. The minimum absolute atomic E-state index is 0.219. The molecular weight excluding hydrogens is 493 g/mol. The number of carbonyl (C=O) groups is 1. The van der Waals surface area contributed by atoms with Crippen LogP contribution in [0, 0.1) is 5.41 Å². The van der Waals surface area contributed by atoms with Gasteiger partial charge in [0.25, 0.3) is 0 Å². The number of ketones is 1. The second-order valence-electron chi connectivity index (χ2n) is 9.02. The molecule has 1 N–H and O–H groups in total. The number of nitrogens with one attached hydrogen (secondary N) is 1. The number of rotatable bonds is 13. The third kappa shape index (κ3) is 7.83. The highest BCUT2D eigenvalue weighted by atomic mass is 32.2. The van der Waals surface area contributed by atoms with Crippen LogP contribution in [0.2, 0.25) is 0 Å². The van der Waals surface area contributed by atoms with E-state index in [2.05, 4.69) is 32.5 Å². The summed E-state index contributed by atoms with van der Waals surface area (Å²) in [6.45, 7) is 7.76. The normalized spacial score (nSPS) is 13.5. The summed E-state index contributed by atoms with van der Waals surface area (Å²) >= 11 is 4.63. The molecule has 3 aromatic heterocycles. The molecule has 3 rings (SSSR count). The predicted molar refractivity (Wildman–Crippen MR) is 139 cm³/mol. The van der Waals surface area contributed by atoms with Crippen LogP contribution in [0.1, 0.15) is 49.8 Å². The Bertz CT molecular complexity index is 1030. The summed E-state index contributed by atoms with van der Waals surface area (Å²) in [6, 6.07) is 11.4. The van der Waals surface area contributed by atoms with Crippen molar-refractivity contribution in [2.75, 3.05) is 6.54 Å². The zero-order valence-corrected chi connectivity index (χ0v) is 22.6. The number of unbranched alkanes of at least 4 members (excludes halogenated alkanes) is 1. The fourth-order valence-electron chi connectivity index (χ4n) is 3.62. The molecule has 1 atom stereocenters. The lowest BCUT2D eigenvalue weighted by Gasteiger charge is -2.34. The maximum Gasteiger partial charge on any atom is 0.250 e. The Kier molecular flexibility index (Phi) is 9.43. The zero-order valence-electron chi connectivity index (χ0n) is 19.3. The summed E-state index contributed by atoms with van der Waals surface area (Å²) in [5, 5.41) is 5.89. The maximum atomic E-state index is 13.5. The fraction of sp³-hybridized carbons (Fsp3) is 0.458. The number of Topliss-reactive ketones (excluding diaryl/α,β-unsaturated/α-hetero) is 1. The molecule has 3 aromatic rings. The molecule has 3 heterocycles. The molecule has 33 heavy (non-hydrogen) atoms. The van der Waals surface area contributed by atoms with E-state index in [1.165, 1.54) is 21.1 Å². The molecular formula is C24H32N2O3S4. The molecule has 1 unspecified atom stereocenters. The number of hydrogen-bond acceptors (Lipinski definition) is 7. The first-order valence-corrected chi connectivity index (χ1v) is 15.2. The molecule has 0 saturated heterocycles. The van der Waals surface area contributed by atoms with Gasteiger partial charge in [0.2, 0.25) is 10.0 Å². The molecule has 0 saturated carbocycles. The van der Waals surface area contributed by atoms with Gasteiger partial charge in [0, 0.05) is 34.8 Å². The highest BCUT2D eigenvalue weighted by molar-refractivity contribution is 7.91. The van der Waals surface area contributed by atoms with Crippen molar-refractivity contribution in [1.82, 2.24) is 9.62 Å². The van der Waals surface area contributed by atoms with Crippen LogP contribution in [-0.2, 0) is 27.9 Å². The van der Waals surface area contributed by atoms with Crippen LogP contribution < -0.4 is 4.72 Å². The molecule has 0 fully saturated rings. The molecule has 0 bridgehead atoms. The topological polar surface area (TPSA) is 66.5 Å². The van der Waals surface area contributed by atoms with Gasteiger partial charge < -0.3 is 0 Å². The number of thiophene rings is 3. The monoisotopic (exact) mass is 524 g/mol. The Hall–Kier alpha value is -1.36. The summed E-state index contributed by atoms with van der Waals surface area (Å²) in [6.07, 6.45) is 2.16. The average Bonchev–Trinajstić information content (AvgIpc) is 3.53. The lowest BCUT2D eigenvalue weighted by Crippen LogP contribution is -2.45. The first-order valence-electron chi connectivity index (χ1n) is 11.0. The van der Waals surface area contributed by atoms with Crippen LogP contribution in [0.4, 0.5) is 0 Å². The molecule has 0 spiro atoms. The predicted octanol–water partition coefficient (Wildman–Crippen LogP) is 6.01. The van der Waals surface area contributed by atoms with Crippen molar-refractivity contribution in [1.29, 1.82) is 0 Å². The highest BCUT2D eigenvalue weighted by Gasteiger charge is 2.33. The van der Waals surface area contributed by atoms with E-state index in [1.54, 1.807) is 40.2 Å². The summed E-state index contributed by atoms with van der Waals surface area (Å²) < 4.78 is 27.7. The lowest BCUT2D eigenvalue weighted by molar-refractivity contribution is -0.132. The molecule has 0 radical (unpaired) electrons. The van der Waals surface area contributed by atoms with Gasteiger partial charge in [0.1, 0.15) is 4.21 Å².